The Bertz CT molecular complexity index is 2230. The summed E-state index contributed by atoms with van der Waals surface area (Å²) in [4.78, 5) is 11.7. The second kappa shape index (κ2) is 17.8. The topological polar surface area (TPSA) is 126 Å². The highest BCUT2D eigenvalue weighted by Crippen LogP contribution is 2.16. The lowest BCUT2D eigenvalue weighted by atomic mass is 9.76. The van der Waals surface area contributed by atoms with E-state index in [-0.39, 0.29) is 5.91 Å². The highest BCUT2D eigenvalue weighted by atomic mass is 16.4. The molecule has 0 saturated heterocycles. The Hall–Kier alpha value is -5.78. The van der Waals surface area contributed by atoms with Gasteiger partial charge in [-0.25, -0.2) is 18.3 Å². The summed E-state index contributed by atoms with van der Waals surface area (Å²) in [6.45, 7) is 7.94. The number of hydrogen-bond donors (Lipinski definition) is 5. The van der Waals surface area contributed by atoms with Crippen molar-refractivity contribution in [3.63, 3.8) is 0 Å². The molecule has 270 valence electrons. The molecule has 2 aromatic carbocycles. The summed E-state index contributed by atoms with van der Waals surface area (Å²) in [6, 6.07) is 29.5. The predicted molar refractivity (Wildman–Crippen MR) is 206 cm³/mol. The van der Waals surface area contributed by atoms with Crippen molar-refractivity contribution < 1.29 is 43.2 Å². The monoisotopic (exact) mass is 721 g/mol. The lowest BCUT2D eigenvalue weighted by Crippen LogP contribution is -2.42. The van der Waals surface area contributed by atoms with Gasteiger partial charge in [0.15, 0.2) is 75.8 Å². The van der Waals surface area contributed by atoms with Crippen LogP contribution in [0.2, 0.25) is 0 Å². The van der Waals surface area contributed by atoms with Crippen molar-refractivity contribution in [1.29, 1.82) is 0 Å². The first-order chi connectivity index (χ1) is 26.1. The lowest BCUT2D eigenvalue weighted by Gasteiger charge is -2.10. The quantitative estimate of drug-likeness (QED) is 0.0593. The van der Waals surface area contributed by atoms with E-state index >= 15 is 0 Å². The fraction of sp³-hybridized carbons (Fsp3) is 0.167. The molecule has 0 saturated carbocycles. The SMILES string of the molecule is C=C(C)C(=O)NCCc1cc[n+](Cc2ccc(C[n+]3cccc(-c4ccc[n+](Cc5ccc(C[n+]6ccccc6)cc5B(O)O)c4)c3)c(B(O)O)c2)cc1. The zero-order valence-corrected chi connectivity index (χ0v) is 30.4. The minimum absolute atomic E-state index is 0.143. The van der Waals surface area contributed by atoms with E-state index in [1.807, 2.05) is 159 Å². The van der Waals surface area contributed by atoms with Crippen LogP contribution in [-0.2, 0) is 37.4 Å². The molecule has 5 N–H and O–H groups in total. The third-order valence-corrected chi connectivity index (χ3v) is 9.29. The van der Waals surface area contributed by atoms with Crippen LogP contribution in [0.15, 0.2) is 153 Å². The van der Waals surface area contributed by atoms with Crippen molar-refractivity contribution in [2.75, 3.05) is 6.54 Å². The van der Waals surface area contributed by atoms with Gasteiger partial charge in [-0.3, -0.25) is 4.79 Å². The molecule has 0 radical (unpaired) electrons. The van der Waals surface area contributed by atoms with Crippen molar-refractivity contribution in [2.45, 2.75) is 39.5 Å². The molecule has 6 rings (SSSR count). The minimum atomic E-state index is -1.63. The van der Waals surface area contributed by atoms with Crippen molar-refractivity contribution in [3.8, 4) is 11.1 Å². The molecule has 1 amide bonds. The first-order valence-electron chi connectivity index (χ1n) is 17.9. The van der Waals surface area contributed by atoms with Gasteiger partial charge in [0.25, 0.3) is 0 Å². The number of carbonyl (C=O) groups excluding carboxylic acids is 1. The predicted octanol–water partition coefficient (Wildman–Crippen LogP) is 0.291. The van der Waals surface area contributed by atoms with Gasteiger partial charge in [0, 0.05) is 70.8 Å². The molecule has 0 unspecified atom stereocenters. The summed E-state index contributed by atoms with van der Waals surface area (Å²) in [5.74, 6) is -0.143. The summed E-state index contributed by atoms with van der Waals surface area (Å²) in [7, 11) is -3.23. The van der Waals surface area contributed by atoms with Crippen LogP contribution in [0.3, 0.4) is 0 Å². The molecular weight excluding hydrogens is 676 g/mol. The van der Waals surface area contributed by atoms with E-state index in [0.717, 1.165) is 38.9 Å². The molecule has 4 heterocycles. The van der Waals surface area contributed by atoms with Crippen LogP contribution in [-0.4, -0.2) is 46.8 Å². The fourth-order valence-electron chi connectivity index (χ4n) is 6.42. The Labute approximate surface area is 316 Å². The molecule has 0 atom stereocenters. The molecule has 54 heavy (non-hydrogen) atoms. The van der Waals surface area contributed by atoms with E-state index in [4.69, 9.17) is 0 Å². The number of nitrogens with one attached hydrogen (secondary N) is 1. The Balaban J connectivity index is 1.13. The van der Waals surface area contributed by atoms with Gasteiger partial charge in [0.1, 0.15) is 0 Å². The van der Waals surface area contributed by atoms with Gasteiger partial charge in [0.05, 0.1) is 11.1 Å². The number of nitrogens with zero attached hydrogens (tertiary/aromatic N) is 4. The van der Waals surface area contributed by atoms with Crippen LogP contribution >= 0.6 is 0 Å². The zero-order valence-electron chi connectivity index (χ0n) is 30.4. The standard InChI is InChI=1S/C42H44B2N5O5/c1-32(2)42(50)45-17-14-33-15-22-47(23-16-33)27-35-11-13-39(41(25-35)44(53)54)31-49-21-7-9-37(29-49)36-8-6-20-48(28-36)30-38-12-10-34(24-40(38)43(51)52)26-46-18-4-3-5-19-46/h3-13,15-16,18-25,28-29,51-54H,1,14,17,26-27,30-31H2,2H3/q+3/p+1. The second-order valence-corrected chi connectivity index (χ2v) is 13.6. The van der Waals surface area contributed by atoms with Gasteiger partial charge in [-0.15, -0.1) is 0 Å². The molecule has 0 bridgehead atoms. The van der Waals surface area contributed by atoms with Crippen LogP contribution in [0, 0.1) is 0 Å². The average Bonchev–Trinajstić information content (AvgIpc) is 3.17. The van der Waals surface area contributed by atoms with Gasteiger partial charge in [-0.1, -0.05) is 49.0 Å². The highest BCUT2D eigenvalue weighted by molar-refractivity contribution is 6.59. The molecule has 6 aromatic rings. The van der Waals surface area contributed by atoms with Crippen molar-refractivity contribution >= 4 is 31.1 Å². The molecule has 0 aliphatic rings. The van der Waals surface area contributed by atoms with E-state index in [2.05, 4.69) is 11.9 Å². The van der Waals surface area contributed by atoms with E-state index < -0.39 is 14.2 Å². The third kappa shape index (κ3) is 10.2. The van der Waals surface area contributed by atoms with Crippen LogP contribution in [0.4, 0.5) is 0 Å². The zero-order chi connectivity index (χ0) is 38.0. The number of amides is 1. The molecule has 0 aliphatic heterocycles. The number of aromatic nitrogens is 4. The van der Waals surface area contributed by atoms with Gasteiger partial charge in [0.2, 0.25) is 5.91 Å². The number of carbonyl (C=O) groups is 1. The average molecular weight is 721 g/mol. The van der Waals surface area contributed by atoms with E-state index in [1.165, 1.54) is 0 Å². The van der Waals surface area contributed by atoms with Crippen LogP contribution < -0.4 is 34.5 Å². The third-order valence-electron chi connectivity index (χ3n) is 9.29. The maximum absolute atomic E-state index is 11.7. The lowest BCUT2D eigenvalue weighted by molar-refractivity contribution is -0.689. The van der Waals surface area contributed by atoms with Gasteiger partial charge >= 0.3 is 14.2 Å². The first kappa shape index (κ1) is 38.0. The maximum Gasteiger partial charge on any atom is 0.488 e. The maximum atomic E-state index is 11.7. The first-order valence-corrected chi connectivity index (χ1v) is 17.9. The summed E-state index contributed by atoms with van der Waals surface area (Å²) in [6.07, 6.45) is 16.6. The molecule has 12 heteroatoms. The molecule has 0 fully saturated rings. The van der Waals surface area contributed by atoms with E-state index in [9.17, 15) is 24.9 Å². The van der Waals surface area contributed by atoms with E-state index in [1.54, 1.807) is 6.92 Å². The second-order valence-electron chi connectivity index (χ2n) is 13.6. The van der Waals surface area contributed by atoms with Gasteiger partial charge in [-0.2, -0.15) is 0 Å². The largest absolute Gasteiger partial charge is 0.488 e. The highest BCUT2D eigenvalue weighted by Gasteiger charge is 2.22. The Morgan fingerprint density at radius 1 is 0.593 bits per heavy atom. The summed E-state index contributed by atoms with van der Waals surface area (Å²) in [5, 5.41) is 44.0. The fourth-order valence-corrected chi connectivity index (χ4v) is 6.42. The number of benzene rings is 2. The number of pyridine rings is 4. The van der Waals surface area contributed by atoms with Crippen molar-refractivity contribution in [2.24, 2.45) is 0 Å². The Morgan fingerprint density at radius 2 is 1.07 bits per heavy atom. The number of rotatable bonds is 15. The molecule has 4 aromatic heterocycles. The molecule has 0 aliphatic carbocycles. The molecular formula is C42H45B2N5O5+4. The minimum Gasteiger partial charge on any atom is -0.423 e. The molecule has 10 nitrogen and oxygen atoms in total. The number of hydrogen-bond acceptors (Lipinski definition) is 5. The normalized spacial score (nSPS) is 10.9. The van der Waals surface area contributed by atoms with Gasteiger partial charge < -0.3 is 25.4 Å². The smallest absolute Gasteiger partial charge is 0.423 e. The molecule has 0 spiro atoms. The van der Waals surface area contributed by atoms with Crippen molar-refractivity contribution in [1.82, 2.24) is 5.32 Å². The summed E-state index contributed by atoms with van der Waals surface area (Å²) in [5.41, 5.74) is 7.97. The van der Waals surface area contributed by atoms with Crippen LogP contribution in [0.25, 0.3) is 11.1 Å². The van der Waals surface area contributed by atoms with Crippen molar-refractivity contribution in [3.05, 3.63) is 181 Å². The van der Waals surface area contributed by atoms with Gasteiger partial charge in [-0.05, 0) is 42.0 Å². The van der Waals surface area contributed by atoms with E-state index in [0.29, 0.717) is 55.6 Å². The Morgan fingerprint density at radius 3 is 1.56 bits per heavy atom. The Kier molecular flexibility index (Phi) is 12.5. The van der Waals surface area contributed by atoms with Crippen LogP contribution in [0.5, 0.6) is 0 Å². The summed E-state index contributed by atoms with van der Waals surface area (Å²) < 4.78 is 8.10. The van der Waals surface area contributed by atoms with Crippen LogP contribution in [0.1, 0.15) is 34.7 Å². The summed E-state index contributed by atoms with van der Waals surface area (Å²) >= 11 is 0.